The van der Waals surface area contributed by atoms with Crippen molar-refractivity contribution in [3.63, 3.8) is 0 Å². The lowest BCUT2D eigenvalue weighted by Crippen LogP contribution is -2.11. The van der Waals surface area contributed by atoms with Crippen molar-refractivity contribution < 1.29 is 14.7 Å². The van der Waals surface area contributed by atoms with E-state index < -0.39 is 5.97 Å². The van der Waals surface area contributed by atoms with E-state index in [-0.39, 0.29) is 12.3 Å². The van der Waals surface area contributed by atoms with Gasteiger partial charge in [0.1, 0.15) is 0 Å². The van der Waals surface area contributed by atoms with Crippen LogP contribution < -0.4 is 5.32 Å². The van der Waals surface area contributed by atoms with Crippen LogP contribution in [0, 0.1) is 6.92 Å². The Hall–Kier alpha value is -2.21. The molecule has 1 amide bonds. The summed E-state index contributed by atoms with van der Waals surface area (Å²) in [5.41, 5.74) is 1.17. The molecule has 0 spiro atoms. The van der Waals surface area contributed by atoms with Gasteiger partial charge in [-0.2, -0.15) is 0 Å². The molecule has 2 aromatic rings. The Morgan fingerprint density at radius 3 is 2.63 bits per heavy atom. The van der Waals surface area contributed by atoms with Gasteiger partial charge in [0, 0.05) is 10.4 Å². The minimum atomic E-state index is -0.910. The smallest absolute Gasteiger partial charge is 0.308 e. The van der Waals surface area contributed by atoms with Crippen molar-refractivity contribution in [2.24, 2.45) is 0 Å². The number of rotatable bonds is 4. The fourth-order valence-corrected chi connectivity index (χ4v) is 2.49. The summed E-state index contributed by atoms with van der Waals surface area (Å²) in [5.74, 6) is -1.16. The zero-order valence-corrected chi connectivity index (χ0v) is 11.0. The van der Waals surface area contributed by atoms with E-state index in [0.717, 1.165) is 0 Å². The fourth-order valence-electron chi connectivity index (χ4n) is 1.54. The standard InChI is InChI=1S/C13H12N2O3S/c1-8-10(7-11(16)17)19-13(14-8)15-12(18)9-5-3-2-4-6-9/h2-6H,7H2,1H3,(H,16,17)(H,14,15,18). The van der Waals surface area contributed by atoms with E-state index in [1.54, 1.807) is 31.2 Å². The number of aromatic nitrogens is 1. The number of aliphatic carboxylic acids is 1. The van der Waals surface area contributed by atoms with Crippen LogP contribution in [0.3, 0.4) is 0 Å². The zero-order valence-electron chi connectivity index (χ0n) is 10.2. The SMILES string of the molecule is Cc1nc(NC(=O)c2ccccc2)sc1CC(=O)O. The van der Waals surface area contributed by atoms with Gasteiger partial charge in [0.2, 0.25) is 0 Å². The molecule has 1 heterocycles. The minimum absolute atomic E-state index is 0.0787. The molecule has 6 heteroatoms. The van der Waals surface area contributed by atoms with Crippen LogP contribution in [-0.2, 0) is 11.2 Å². The molecule has 0 aliphatic heterocycles. The molecule has 98 valence electrons. The van der Waals surface area contributed by atoms with Crippen molar-refractivity contribution in [2.75, 3.05) is 5.32 Å². The third-order valence-corrected chi connectivity index (χ3v) is 3.53. The number of thiazole rings is 1. The Bertz CT molecular complexity index is 608. The van der Waals surface area contributed by atoms with Crippen LogP contribution >= 0.6 is 11.3 Å². The first-order valence-corrected chi connectivity index (χ1v) is 6.42. The van der Waals surface area contributed by atoms with E-state index in [1.165, 1.54) is 11.3 Å². The molecule has 2 N–H and O–H groups in total. The van der Waals surface area contributed by atoms with E-state index >= 15 is 0 Å². The van der Waals surface area contributed by atoms with Gasteiger partial charge in [0.15, 0.2) is 5.13 Å². The number of benzene rings is 1. The van der Waals surface area contributed by atoms with E-state index in [1.807, 2.05) is 6.07 Å². The molecule has 0 radical (unpaired) electrons. The number of aryl methyl sites for hydroxylation is 1. The predicted molar refractivity (Wildman–Crippen MR) is 72.6 cm³/mol. The Kier molecular flexibility index (Phi) is 3.91. The quantitative estimate of drug-likeness (QED) is 0.898. The van der Waals surface area contributed by atoms with Gasteiger partial charge in [-0.1, -0.05) is 18.2 Å². The molecule has 0 bridgehead atoms. The largest absolute Gasteiger partial charge is 0.481 e. The highest BCUT2D eigenvalue weighted by Crippen LogP contribution is 2.23. The summed E-state index contributed by atoms with van der Waals surface area (Å²) in [5, 5.41) is 11.8. The Balaban J connectivity index is 2.12. The molecule has 0 aliphatic rings. The van der Waals surface area contributed by atoms with E-state index in [0.29, 0.717) is 21.3 Å². The average molecular weight is 276 g/mol. The summed E-state index contributed by atoms with van der Waals surface area (Å²) in [7, 11) is 0. The van der Waals surface area contributed by atoms with Gasteiger partial charge in [0.25, 0.3) is 5.91 Å². The van der Waals surface area contributed by atoms with Crippen LogP contribution in [0.2, 0.25) is 0 Å². The molecule has 0 atom stereocenters. The maximum absolute atomic E-state index is 11.9. The summed E-state index contributed by atoms with van der Waals surface area (Å²) in [4.78, 5) is 27.4. The van der Waals surface area contributed by atoms with Gasteiger partial charge >= 0.3 is 5.97 Å². The number of carbonyl (C=O) groups is 2. The number of hydrogen-bond donors (Lipinski definition) is 2. The number of hydrogen-bond acceptors (Lipinski definition) is 4. The summed E-state index contributed by atoms with van der Waals surface area (Å²) < 4.78 is 0. The first-order valence-electron chi connectivity index (χ1n) is 5.61. The van der Waals surface area contributed by atoms with Gasteiger partial charge in [-0.05, 0) is 19.1 Å². The number of carbonyl (C=O) groups excluding carboxylic acids is 1. The number of carboxylic acid groups (broad SMARTS) is 1. The molecule has 0 unspecified atom stereocenters. The van der Waals surface area contributed by atoms with Crippen molar-refractivity contribution in [1.29, 1.82) is 0 Å². The number of anilines is 1. The Morgan fingerprint density at radius 1 is 1.32 bits per heavy atom. The van der Waals surface area contributed by atoms with Crippen molar-refractivity contribution >= 4 is 28.3 Å². The van der Waals surface area contributed by atoms with E-state index in [2.05, 4.69) is 10.3 Å². The molecule has 19 heavy (non-hydrogen) atoms. The van der Waals surface area contributed by atoms with Crippen molar-refractivity contribution in [3.8, 4) is 0 Å². The van der Waals surface area contributed by atoms with Crippen LogP contribution in [0.5, 0.6) is 0 Å². The summed E-state index contributed by atoms with van der Waals surface area (Å²) in [6.07, 6.45) is -0.0787. The second kappa shape index (κ2) is 5.62. The molecule has 1 aromatic heterocycles. The zero-order chi connectivity index (χ0) is 13.8. The van der Waals surface area contributed by atoms with Crippen LogP contribution in [0.25, 0.3) is 0 Å². The minimum Gasteiger partial charge on any atom is -0.481 e. The van der Waals surface area contributed by atoms with E-state index in [4.69, 9.17) is 5.11 Å². The second-order valence-electron chi connectivity index (χ2n) is 3.92. The lowest BCUT2D eigenvalue weighted by atomic mass is 10.2. The number of carboxylic acids is 1. The molecule has 0 fully saturated rings. The highest BCUT2D eigenvalue weighted by Gasteiger charge is 2.13. The first kappa shape index (κ1) is 13.2. The second-order valence-corrected chi connectivity index (χ2v) is 5.00. The van der Waals surface area contributed by atoms with Crippen LogP contribution in [-0.4, -0.2) is 22.0 Å². The van der Waals surface area contributed by atoms with Gasteiger partial charge in [-0.15, -0.1) is 11.3 Å². The maximum atomic E-state index is 11.9. The number of nitrogens with zero attached hydrogens (tertiary/aromatic N) is 1. The van der Waals surface area contributed by atoms with Crippen LogP contribution in [0.15, 0.2) is 30.3 Å². The highest BCUT2D eigenvalue weighted by molar-refractivity contribution is 7.16. The molecule has 5 nitrogen and oxygen atoms in total. The number of nitrogens with one attached hydrogen (secondary N) is 1. The number of amides is 1. The normalized spacial score (nSPS) is 10.2. The maximum Gasteiger partial charge on any atom is 0.308 e. The molecule has 0 saturated heterocycles. The Morgan fingerprint density at radius 2 is 2.00 bits per heavy atom. The first-order chi connectivity index (χ1) is 9.06. The monoisotopic (exact) mass is 276 g/mol. The topological polar surface area (TPSA) is 79.3 Å². The molecule has 2 rings (SSSR count). The fraction of sp³-hybridized carbons (Fsp3) is 0.154. The van der Waals surface area contributed by atoms with Crippen LogP contribution in [0.4, 0.5) is 5.13 Å². The van der Waals surface area contributed by atoms with Gasteiger partial charge in [0.05, 0.1) is 12.1 Å². The molecule has 1 aromatic carbocycles. The van der Waals surface area contributed by atoms with Gasteiger partial charge in [-0.25, -0.2) is 4.98 Å². The van der Waals surface area contributed by atoms with Gasteiger partial charge < -0.3 is 5.11 Å². The molecular formula is C13H12N2O3S. The molecular weight excluding hydrogens is 264 g/mol. The van der Waals surface area contributed by atoms with Gasteiger partial charge in [-0.3, -0.25) is 14.9 Å². The highest BCUT2D eigenvalue weighted by atomic mass is 32.1. The summed E-state index contributed by atoms with van der Waals surface area (Å²) in [6, 6.07) is 8.78. The summed E-state index contributed by atoms with van der Waals surface area (Å²) >= 11 is 1.19. The van der Waals surface area contributed by atoms with Crippen molar-refractivity contribution in [2.45, 2.75) is 13.3 Å². The lowest BCUT2D eigenvalue weighted by Gasteiger charge is -2.00. The van der Waals surface area contributed by atoms with Crippen molar-refractivity contribution in [3.05, 3.63) is 46.5 Å². The molecule has 0 saturated carbocycles. The third kappa shape index (κ3) is 3.38. The van der Waals surface area contributed by atoms with Crippen LogP contribution in [0.1, 0.15) is 20.9 Å². The predicted octanol–water partition coefficient (Wildman–Crippen LogP) is 2.33. The van der Waals surface area contributed by atoms with Crippen molar-refractivity contribution in [1.82, 2.24) is 4.98 Å². The lowest BCUT2D eigenvalue weighted by molar-refractivity contribution is -0.136. The summed E-state index contributed by atoms with van der Waals surface area (Å²) in [6.45, 7) is 1.73. The third-order valence-electron chi connectivity index (χ3n) is 2.46. The average Bonchev–Trinajstić information content (AvgIpc) is 2.70. The molecule has 0 aliphatic carbocycles. The van der Waals surface area contributed by atoms with E-state index in [9.17, 15) is 9.59 Å². The Labute approximate surface area is 113 Å².